The third-order valence-corrected chi connectivity index (χ3v) is 8.13. The van der Waals surface area contributed by atoms with Crippen LogP contribution in [0.2, 0.25) is 0 Å². The molecular weight excluding hydrogens is 496 g/mol. The highest BCUT2D eigenvalue weighted by Crippen LogP contribution is 2.36. The molecule has 0 radical (unpaired) electrons. The Morgan fingerprint density at radius 2 is 1.85 bits per heavy atom. The summed E-state index contributed by atoms with van der Waals surface area (Å²) in [6, 6.07) is 10.4. The number of anilines is 2. The van der Waals surface area contributed by atoms with Crippen LogP contribution in [0.25, 0.3) is 10.9 Å². The van der Waals surface area contributed by atoms with E-state index < -0.39 is 0 Å². The molecule has 0 saturated carbocycles. The molecule has 1 N–H and O–H groups in total. The number of nitrogens with zero attached hydrogens (tertiary/aromatic N) is 6. The zero-order valence-electron chi connectivity index (χ0n) is 22.6. The van der Waals surface area contributed by atoms with Crippen LogP contribution in [0.15, 0.2) is 36.5 Å². The number of likely N-dealkylation sites (tertiary alicyclic amines) is 1. The smallest absolute Gasteiger partial charge is 0.248 e. The third kappa shape index (κ3) is 5.23. The summed E-state index contributed by atoms with van der Waals surface area (Å²) in [5.41, 5.74) is 3.16. The van der Waals surface area contributed by atoms with Crippen molar-refractivity contribution in [2.45, 2.75) is 31.8 Å². The first kappa shape index (κ1) is 25.8. The molecule has 6 rings (SSSR count). The van der Waals surface area contributed by atoms with E-state index in [1.54, 1.807) is 7.11 Å². The number of carbonyl (C=O) groups is 1. The van der Waals surface area contributed by atoms with Crippen molar-refractivity contribution in [3.05, 3.63) is 47.7 Å². The minimum Gasteiger partial charge on any atom is -0.470 e. The van der Waals surface area contributed by atoms with E-state index in [4.69, 9.17) is 19.4 Å². The van der Waals surface area contributed by atoms with Gasteiger partial charge in [-0.05, 0) is 43.4 Å². The molecular formula is C29H36N6O4. The molecule has 0 atom stereocenters. The normalized spacial score (nSPS) is 18.8. The fourth-order valence-corrected chi connectivity index (χ4v) is 5.77. The number of ether oxygens (including phenoxy) is 2. The van der Waals surface area contributed by atoms with E-state index >= 15 is 0 Å². The lowest BCUT2D eigenvalue weighted by Crippen LogP contribution is -2.54. The highest BCUT2D eigenvalue weighted by Gasteiger charge is 2.35. The maximum Gasteiger partial charge on any atom is 0.248 e. The third-order valence-electron chi connectivity index (χ3n) is 8.13. The Morgan fingerprint density at radius 3 is 2.59 bits per heavy atom. The molecule has 1 amide bonds. The van der Waals surface area contributed by atoms with Crippen molar-refractivity contribution in [1.82, 2.24) is 19.9 Å². The lowest BCUT2D eigenvalue weighted by Gasteiger charge is -2.41. The fraction of sp³-hybridized carbons (Fsp3) is 0.517. The molecule has 3 fully saturated rings. The average Bonchev–Trinajstić information content (AvgIpc) is 2.90. The number of rotatable bonds is 8. The summed E-state index contributed by atoms with van der Waals surface area (Å²) in [5, 5.41) is 10.6. The van der Waals surface area contributed by atoms with Crippen LogP contribution in [-0.4, -0.2) is 96.6 Å². The van der Waals surface area contributed by atoms with Gasteiger partial charge in [-0.3, -0.25) is 4.79 Å². The number of aryl methyl sites for hydroxylation is 1. The Bertz CT molecular complexity index is 1330. The maximum absolute atomic E-state index is 12.3. The SMILES string of the molecule is COCC(=O)N1CCC(c2cnc(N3CC(CO)C3)nc2OC2CN(c3nc4ccccc4cc3C)C2)CC1. The van der Waals surface area contributed by atoms with Crippen molar-refractivity contribution >= 4 is 28.6 Å². The van der Waals surface area contributed by atoms with Gasteiger partial charge in [0.15, 0.2) is 0 Å². The van der Waals surface area contributed by atoms with Gasteiger partial charge in [-0.1, -0.05) is 18.2 Å². The van der Waals surface area contributed by atoms with E-state index in [9.17, 15) is 9.90 Å². The van der Waals surface area contributed by atoms with Gasteiger partial charge in [0.25, 0.3) is 0 Å². The molecule has 0 spiro atoms. The van der Waals surface area contributed by atoms with Crippen LogP contribution in [0.5, 0.6) is 5.88 Å². The molecule has 39 heavy (non-hydrogen) atoms. The lowest BCUT2D eigenvalue weighted by molar-refractivity contribution is -0.136. The van der Waals surface area contributed by atoms with Crippen LogP contribution >= 0.6 is 0 Å². The summed E-state index contributed by atoms with van der Waals surface area (Å²) >= 11 is 0. The van der Waals surface area contributed by atoms with Gasteiger partial charge in [0.05, 0.1) is 18.6 Å². The quantitative estimate of drug-likeness (QED) is 0.468. The molecule has 3 aliphatic heterocycles. The summed E-state index contributed by atoms with van der Waals surface area (Å²) < 4.78 is 11.6. The summed E-state index contributed by atoms with van der Waals surface area (Å²) in [6.45, 7) is 6.75. The molecule has 3 aliphatic rings. The van der Waals surface area contributed by atoms with Crippen LogP contribution in [0.4, 0.5) is 11.8 Å². The number of hydrogen-bond acceptors (Lipinski definition) is 9. The molecule has 0 unspecified atom stereocenters. The number of fused-ring (bicyclic) bond motifs is 1. The first-order chi connectivity index (χ1) is 19.0. The van der Waals surface area contributed by atoms with Crippen molar-refractivity contribution in [3.8, 4) is 5.88 Å². The van der Waals surface area contributed by atoms with Crippen LogP contribution < -0.4 is 14.5 Å². The number of para-hydroxylation sites is 1. The summed E-state index contributed by atoms with van der Waals surface area (Å²) in [4.78, 5) is 32.9. The van der Waals surface area contributed by atoms with E-state index in [1.165, 1.54) is 0 Å². The standard InChI is InChI=1S/C29H36N6O4/c1-19-11-22-5-3-4-6-25(22)31-27(19)34-15-23(16-34)39-28-24(12-30-29(32-28)35-13-20(14-35)17-36)21-7-9-33(10-8-21)26(37)18-38-2/h3-6,11-12,20-21,23,36H,7-10,13-18H2,1-2H3. The van der Waals surface area contributed by atoms with Gasteiger partial charge in [0, 0.05) is 63.0 Å². The fourth-order valence-electron chi connectivity index (χ4n) is 5.77. The highest BCUT2D eigenvalue weighted by molar-refractivity contribution is 5.82. The van der Waals surface area contributed by atoms with Crippen LogP contribution in [0.1, 0.15) is 29.9 Å². The van der Waals surface area contributed by atoms with Crippen molar-refractivity contribution in [3.63, 3.8) is 0 Å². The number of pyridine rings is 1. The van der Waals surface area contributed by atoms with Crippen molar-refractivity contribution < 1.29 is 19.4 Å². The van der Waals surface area contributed by atoms with E-state index in [0.717, 1.165) is 66.9 Å². The zero-order chi connectivity index (χ0) is 26.9. The molecule has 5 heterocycles. The number of carbonyl (C=O) groups excluding carboxylic acids is 1. The minimum absolute atomic E-state index is 0.00382. The maximum atomic E-state index is 12.3. The van der Waals surface area contributed by atoms with Gasteiger partial charge >= 0.3 is 0 Å². The summed E-state index contributed by atoms with van der Waals surface area (Å²) in [6.07, 6.45) is 3.58. The number of hydrogen-bond donors (Lipinski definition) is 1. The topological polar surface area (TPSA) is 104 Å². The van der Waals surface area contributed by atoms with Gasteiger partial charge < -0.3 is 29.3 Å². The van der Waals surface area contributed by atoms with Gasteiger partial charge in [-0.2, -0.15) is 4.98 Å². The van der Waals surface area contributed by atoms with Crippen molar-refractivity contribution in [2.24, 2.45) is 5.92 Å². The number of amides is 1. The molecule has 0 bridgehead atoms. The monoisotopic (exact) mass is 532 g/mol. The van der Waals surface area contributed by atoms with Gasteiger partial charge in [0.2, 0.25) is 17.7 Å². The van der Waals surface area contributed by atoms with E-state index in [2.05, 4.69) is 33.8 Å². The second kappa shape index (κ2) is 10.9. The van der Waals surface area contributed by atoms with Crippen LogP contribution in [0.3, 0.4) is 0 Å². The minimum atomic E-state index is 0.00382. The Labute approximate surface area is 228 Å². The Kier molecular flexibility index (Phi) is 7.22. The molecule has 0 aliphatic carbocycles. The molecule has 3 saturated heterocycles. The first-order valence-corrected chi connectivity index (χ1v) is 13.8. The molecule has 10 heteroatoms. The average molecular weight is 533 g/mol. The zero-order valence-corrected chi connectivity index (χ0v) is 22.6. The number of aromatic nitrogens is 3. The highest BCUT2D eigenvalue weighted by atomic mass is 16.5. The number of benzene rings is 1. The van der Waals surface area contributed by atoms with E-state index in [1.807, 2.05) is 29.3 Å². The summed E-state index contributed by atoms with van der Waals surface area (Å²) in [7, 11) is 1.55. The molecule has 2 aromatic heterocycles. The van der Waals surface area contributed by atoms with Crippen molar-refractivity contribution in [1.29, 1.82) is 0 Å². The Morgan fingerprint density at radius 1 is 1.08 bits per heavy atom. The number of methoxy groups -OCH3 is 1. The van der Waals surface area contributed by atoms with Gasteiger partial charge in [-0.15, -0.1) is 0 Å². The Hall–Kier alpha value is -3.50. The number of piperidine rings is 1. The molecule has 10 nitrogen and oxygen atoms in total. The number of aliphatic hydroxyl groups excluding tert-OH is 1. The van der Waals surface area contributed by atoms with Gasteiger partial charge in [0.1, 0.15) is 18.5 Å². The molecule has 206 valence electrons. The first-order valence-electron chi connectivity index (χ1n) is 13.8. The molecule has 1 aromatic carbocycles. The number of aliphatic hydroxyl groups is 1. The molecule has 3 aromatic rings. The lowest BCUT2D eigenvalue weighted by atomic mass is 9.90. The van der Waals surface area contributed by atoms with E-state index in [0.29, 0.717) is 24.9 Å². The Balaban J connectivity index is 1.17. The van der Waals surface area contributed by atoms with Gasteiger partial charge in [-0.25, -0.2) is 9.97 Å². The van der Waals surface area contributed by atoms with Crippen molar-refractivity contribution in [2.75, 3.05) is 69.4 Å². The summed E-state index contributed by atoms with van der Waals surface area (Å²) in [5.74, 6) is 2.81. The largest absolute Gasteiger partial charge is 0.470 e. The second-order valence-electron chi connectivity index (χ2n) is 10.9. The van der Waals surface area contributed by atoms with Crippen LogP contribution in [-0.2, 0) is 9.53 Å². The van der Waals surface area contributed by atoms with Crippen LogP contribution in [0, 0.1) is 12.8 Å². The second-order valence-corrected chi connectivity index (χ2v) is 10.9. The predicted molar refractivity (Wildman–Crippen MR) is 148 cm³/mol. The predicted octanol–water partition coefficient (Wildman–Crippen LogP) is 2.38. The van der Waals surface area contributed by atoms with E-state index in [-0.39, 0.29) is 37.1 Å².